The minimum absolute atomic E-state index is 0.0334. The number of urea groups is 1. The Morgan fingerprint density at radius 3 is 2.95 bits per heavy atom. The van der Waals surface area contributed by atoms with Crippen molar-refractivity contribution < 1.29 is 9.53 Å². The van der Waals surface area contributed by atoms with Gasteiger partial charge in [0.15, 0.2) is 0 Å². The first-order chi connectivity index (χ1) is 9.69. The quantitative estimate of drug-likeness (QED) is 0.840. The zero-order valence-electron chi connectivity index (χ0n) is 11.8. The lowest BCUT2D eigenvalue weighted by atomic mass is 10.2. The number of hydrogen-bond acceptors (Lipinski definition) is 2. The third-order valence-corrected chi connectivity index (χ3v) is 3.60. The molecule has 0 bridgehead atoms. The lowest BCUT2D eigenvalue weighted by Crippen LogP contribution is -2.42. The van der Waals surface area contributed by atoms with Crippen LogP contribution >= 0.6 is 11.6 Å². The van der Waals surface area contributed by atoms with Gasteiger partial charge in [-0.3, -0.25) is 0 Å². The fraction of sp³-hybridized carbons (Fsp3) is 0.533. The molecule has 1 aromatic rings. The van der Waals surface area contributed by atoms with Gasteiger partial charge in [-0.25, -0.2) is 4.79 Å². The lowest BCUT2D eigenvalue weighted by Gasteiger charge is -2.22. The van der Waals surface area contributed by atoms with Crippen molar-refractivity contribution in [2.75, 3.05) is 26.8 Å². The third kappa shape index (κ3) is 5.02. The standard InChI is InChI=1S/C15H21ClN2O2/c1-20-8-7-18(11-12-5-6-12)15(19)17-10-13-3-2-4-14(16)9-13/h2-4,9,12H,5-8,10-11H2,1H3,(H,17,19). The molecule has 20 heavy (non-hydrogen) atoms. The lowest BCUT2D eigenvalue weighted by molar-refractivity contribution is 0.147. The summed E-state index contributed by atoms with van der Waals surface area (Å²) in [6.45, 7) is 2.52. The van der Waals surface area contributed by atoms with Crippen molar-refractivity contribution in [3.63, 3.8) is 0 Å². The maximum absolute atomic E-state index is 12.2. The summed E-state index contributed by atoms with van der Waals surface area (Å²) < 4.78 is 5.06. The number of nitrogens with zero attached hydrogens (tertiary/aromatic N) is 1. The minimum Gasteiger partial charge on any atom is -0.383 e. The molecule has 0 spiro atoms. The molecule has 0 atom stereocenters. The summed E-state index contributed by atoms with van der Waals surface area (Å²) in [7, 11) is 1.65. The molecule has 110 valence electrons. The molecule has 1 aromatic carbocycles. The number of rotatable bonds is 7. The van der Waals surface area contributed by atoms with Gasteiger partial charge < -0.3 is 15.0 Å². The van der Waals surface area contributed by atoms with Gasteiger partial charge in [0.1, 0.15) is 0 Å². The van der Waals surface area contributed by atoms with E-state index in [2.05, 4.69) is 5.32 Å². The summed E-state index contributed by atoms with van der Waals surface area (Å²) in [6, 6.07) is 7.49. The van der Waals surface area contributed by atoms with E-state index in [1.54, 1.807) is 7.11 Å². The van der Waals surface area contributed by atoms with Crippen LogP contribution in [0.5, 0.6) is 0 Å². The molecule has 2 amide bonds. The molecule has 0 heterocycles. The zero-order valence-corrected chi connectivity index (χ0v) is 12.5. The molecule has 0 aromatic heterocycles. The van der Waals surface area contributed by atoms with Gasteiger partial charge in [-0.15, -0.1) is 0 Å². The first-order valence-electron chi connectivity index (χ1n) is 6.95. The molecule has 0 aliphatic heterocycles. The first kappa shape index (κ1) is 15.1. The minimum atomic E-state index is -0.0334. The summed E-state index contributed by atoms with van der Waals surface area (Å²) in [6.07, 6.45) is 2.45. The number of amides is 2. The van der Waals surface area contributed by atoms with Gasteiger partial charge in [-0.2, -0.15) is 0 Å². The van der Waals surface area contributed by atoms with Gasteiger partial charge in [0.2, 0.25) is 0 Å². The second-order valence-corrected chi connectivity index (χ2v) is 5.61. The first-order valence-corrected chi connectivity index (χ1v) is 7.33. The summed E-state index contributed by atoms with van der Waals surface area (Å²) in [5.41, 5.74) is 1.00. The predicted octanol–water partition coefficient (Wildman–Crippen LogP) is 2.91. The second kappa shape index (κ2) is 7.50. The molecule has 4 nitrogen and oxygen atoms in total. The number of hydrogen-bond donors (Lipinski definition) is 1. The van der Waals surface area contributed by atoms with E-state index in [4.69, 9.17) is 16.3 Å². The van der Waals surface area contributed by atoms with Crippen LogP contribution in [0, 0.1) is 5.92 Å². The Kier molecular flexibility index (Phi) is 5.68. The highest BCUT2D eigenvalue weighted by atomic mass is 35.5. The molecule has 1 aliphatic carbocycles. The van der Waals surface area contributed by atoms with E-state index in [9.17, 15) is 4.79 Å². The van der Waals surface area contributed by atoms with E-state index < -0.39 is 0 Å². The van der Waals surface area contributed by atoms with E-state index in [-0.39, 0.29) is 6.03 Å². The largest absolute Gasteiger partial charge is 0.383 e. The van der Waals surface area contributed by atoms with Gasteiger partial charge >= 0.3 is 6.03 Å². The Hall–Kier alpha value is -1.26. The molecule has 0 saturated heterocycles. The van der Waals surface area contributed by atoms with Crippen molar-refractivity contribution in [2.45, 2.75) is 19.4 Å². The van der Waals surface area contributed by atoms with Crippen molar-refractivity contribution in [2.24, 2.45) is 5.92 Å². The Balaban J connectivity index is 1.83. The highest BCUT2D eigenvalue weighted by Crippen LogP contribution is 2.29. The Morgan fingerprint density at radius 2 is 2.30 bits per heavy atom. The number of benzene rings is 1. The normalized spacial score (nSPS) is 14.1. The van der Waals surface area contributed by atoms with E-state index >= 15 is 0 Å². The van der Waals surface area contributed by atoms with Crippen LogP contribution in [0.2, 0.25) is 5.02 Å². The Bertz CT molecular complexity index is 449. The maximum Gasteiger partial charge on any atom is 0.317 e. The van der Waals surface area contributed by atoms with Crippen molar-refractivity contribution in [1.29, 1.82) is 0 Å². The molecule has 1 aliphatic rings. The predicted molar refractivity (Wildman–Crippen MR) is 79.9 cm³/mol. The fourth-order valence-corrected chi connectivity index (χ4v) is 2.24. The highest BCUT2D eigenvalue weighted by molar-refractivity contribution is 6.30. The van der Waals surface area contributed by atoms with Crippen molar-refractivity contribution >= 4 is 17.6 Å². The number of halogens is 1. The SMILES string of the molecule is COCCN(CC1CC1)C(=O)NCc1cccc(Cl)c1. The smallest absolute Gasteiger partial charge is 0.317 e. The van der Waals surface area contributed by atoms with E-state index in [0.717, 1.165) is 12.1 Å². The van der Waals surface area contributed by atoms with Gasteiger partial charge in [0.05, 0.1) is 6.61 Å². The van der Waals surface area contributed by atoms with Crippen molar-refractivity contribution in [3.05, 3.63) is 34.9 Å². The van der Waals surface area contributed by atoms with Gasteiger partial charge in [0.25, 0.3) is 0 Å². The summed E-state index contributed by atoms with van der Waals surface area (Å²) in [5, 5.41) is 3.63. The fourth-order valence-electron chi connectivity index (χ4n) is 2.03. The van der Waals surface area contributed by atoms with E-state index in [1.807, 2.05) is 29.2 Å². The Labute approximate surface area is 125 Å². The average Bonchev–Trinajstić information content (AvgIpc) is 3.25. The van der Waals surface area contributed by atoms with Crippen LogP contribution < -0.4 is 5.32 Å². The van der Waals surface area contributed by atoms with Gasteiger partial charge in [-0.1, -0.05) is 23.7 Å². The molecule has 0 radical (unpaired) electrons. The maximum atomic E-state index is 12.2. The molecular formula is C15H21ClN2O2. The molecule has 1 N–H and O–H groups in total. The van der Waals surface area contributed by atoms with Crippen molar-refractivity contribution in [3.8, 4) is 0 Å². The second-order valence-electron chi connectivity index (χ2n) is 5.17. The van der Waals surface area contributed by atoms with Crippen LogP contribution in [0.15, 0.2) is 24.3 Å². The number of ether oxygens (including phenoxy) is 1. The third-order valence-electron chi connectivity index (χ3n) is 3.36. The summed E-state index contributed by atoms with van der Waals surface area (Å²) in [5.74, 6) is 0.670. The van der Waals surface area contributed by atoms with Crippen LogP contribution in [0.1, 0.15) is 18.4 Å². The van der Waals surface area contributed by atoms with Crippen LogP contribution in [0.4, 0.5) is 4.79 Å². The van der Waals surface area contributed by atoms with Crippen LogP contribution in [-0.4, -0.2) is 37.7 Å². The number of nitrogens with one attached hydrogen (secondary N) is 1. The molecule has 2 rings (SSSR count). The summed E-state index contributed by atoms with van der Waals surface area (Å²) in [4.78, 5) is 14.0. The average molecular weight is 297 g/mol. The van der Waals surface area contributed by atoms with Crippen molar-refractivity contribution in [1.82, 2.24) is 10.2 Å². The zero-order chi connectivity index (χ0) is 14.4. The highest BCUT2D eigenvalue weighted by Gasteiger charge is 2.26. The van der Waals surface area contributed by atoms with Crippen LogP contribution in [0.25, 0.3) is 0 Å². The molecule has 1 saturated carbocycles. The van der Waals surface area contributed by atoms with Gasteiger partial charge in [0, 0.05) is 31.8 Å². The van der Waals surface area contributed by atoms with E-state index in [1.165, 1.54) is 12.8 Å². The Morgan fingerprint density at radius 1 is 1.50 bits per heavy atom. The van der Waals surface area contributed by atoms with E-state index in [0.29, 0.717) is 30.6 Å². The van der Waals surface area contributed by atoms with Crippen LogP contribution in [-0.2, 0) is 11.3 Å². The van der Waals surface area contributed by atoms with Gasteiger partial charge in [-0.05, 0) is 36.5 Å². The monoisotopic (exact) mass is 296 g/mol. The topological polar surface area (TPSA) is 41.6 Å². The molecular weight excluding hydrogens is 276 g/mol. The number of carbonyl (C=O) groups excluding carboxylic acids is 1. The summed E-state index contributed by atoms with van der Waals surface area (Å²) >= 11 is 5.93. The molecule has 5 heteroatoms. The molecule has 1 fully saturated rings. The molecule has 0 unspecified atom stereocenters. The number of methoxy groups -OCH3 is 1. The number of carbonyl (C=O) groups is 1. The van der Waals surface area contributed by atoms with Crippen LogP contribution in [0.3, 0.4) is 0 Å².